The van der Waals surface area contributed by atoms with Crippen LogP contribution in [0.3, 0.4) is 0 Å². The topological polar surface area (TPSA) is 46.5 Å². The molecule has 1 aliphatic rings. The van der Waals surface area contributed by atoms with Crippen LogP contribution in [-0.2, 0) is 9.53 Å². The second-order valence-electron chi connectivity index (χ2n) is 5.04. The molecule has 0 spiro atoms. The van der Waals surface area contributed by atoms with Crippen molar-refractivity contribution < 1.29 is 14.6 Å². The van der Waals surface area contributed by atoms with E-state index in [2.05, 4.69) is 13.2 Å². The third-order valence-electron chi connectivity index (χ3n) is 3.34. The van der Waals surface area contributed by atoms with Crippen molar-refractivity contribution in [2.24, 2.45) is 0 Å². The summed E-state index contributed by atoms with van der Waals surface area (Å²) in [5.74, 6) is -0.450. The molecule has 0 radical (unpaired) electrons. The first kappa shape index (κ1) is 17.2. The van der Waals surface area contributed by atoms with E-state index < -0.39 is 5.97 Å². The number of hydrogen-bond acceptors (Lipinski definition) is 3. The summed E-state index contributed by atoms with van der Waals surface area (Å²) in [6, 6.07) is 10.0. The third-order valence-corrected chi connectivity index (χ3v) is 3.34. The number of rotatable bonds is 4. The average molecular weight is 288 g/mol. The first-order valence-corrected chi connectivity index (χ1v) is 7.34. The summed E-state index contributed by atoms with van der Waals surface area (Å²) in [5, 5.41) is 8.63. The summed E-state index contributed by atoms with van der Waals surface area (Å²) >= 11 is 0. The van der Waals surface area contributed by atoms with E-state index in [1.54, 1.807) is 0 Å². The van der Waals surface area contributed by atoms with Crippen LogP contribution in [0.4, 0.5) is 0 Å². The molecule has 0 aromatic heterocycles. The summed E-state index contributed by atoms with van der Waals surface area (Å²) in [6.45, 7) is 6.73. The number of aliphatic hydroxyl groups is 1. The molecule has 0 unspecified atom stereocenters. The molecule has 0 aliphatic heterocycles. The number of carbonyl (C=O) groups excluding carboxylic acids is 1. The van der Waals surface area contributed by atoms with Crippen molar-refractivity contribution in [2.75, 3.05) is 6.61 Å². The van der Waals surface area contributed by atoms with Gasteiger partial charge in [-0.3, -0.25) is 0 Å². The van der Waals surface area contributed by atoms with Crippen LogP contribution in [0.15, 0.2) is 49.1 Å². The zero-order valence-electron chi connectivity index (χ0n) is 12.5. The normalized spacial score (nSPS) is 14.5. The number of hydrogen-bond donors (Lipinski definition) is 1. The molecule has 1 aliphatic carbocycles. The van der Waals surface area contributed by atoms with E-state index in [9.17, 15) is 4.79 Å². The van der Waals surface area contributed by atoms with Gasteiger partial charge >= 0.3 is 5.97 Å². The van der Waals surface area contributed by atoms with Crippen LogP contribution in [0.2, 0.25) is 0 Å². The largest absolute Gasteiger partial charge is 0.459 e. The number of carbonyl (C=O) groups is 1. The lowest BCUT2D eigenvalue weighted by atomic mass is 9.98. The Morgan fingerprint density at radius 1 is 1.24 bits per heavy atom. The van der Waals surface area contributed by atoms with Crippen molar-refractivity contribution in [3.05, 3.63) is 54.6 Å². The molecular formula is C18H24O3. The van der Waals surface area contributed by atoms with Gasteiger partial charge in [-0.05, 0) is 31.2 Å². The zero-order chi connectivity index (χ0) is 15.5. The Balaban J connectivity index is 0.000000235. The maximum atomic E-state index is 11.2. The fourth-order valence-electron chi connectivity index (χ4n) is 2.07. The summed E-state index contributed by atoms with van der Waals surface area (Å²) in [4.78, 5) is 11.2. The Morgan fingerprint density at radius 2 is 1.86 bits per heavy atom. The molecule has 0 amide bonds. The van der Waals surface area contributed by atoms with Crippen LogP contribution in [0.25, 0.3) is 6.08 Å². The molecule has 1 aromatic carbocycles. The van der Waals surface area contributed by atoms with E-state index in [4.69, 9.17) is 9.84 Å². The first-order valence-electron chi connectivity index (χ1n) is 7.34. The third kappa shape index (κ3) is 6.91. The molecule has 1 fully saturated rings. The molecule has 21 heavy (non-hydrogen) atoms. The van der Waals surface area contributed by atoms with Crippen molar-refractivity contribution in [3.8, 4) is 0 Å². The second-order valence-corrected chi connectivity index (χ2v) is 5.04. The van der Waals surface area contributed by atoms with Crippen molar-refractivity contribution in [3.63, 3.8) is 0 Å². The number of ether oxygens (including phenoxy) is 1. The Morgan fingerprint density at radius 3 is 2.33 bits per heavy atom. The lowest BCUT2D eigenvalue weighted by molar-refractivity contribution is -0.146. The fraction of sp³-hybridized carbons (Fsp3) is 0.389. The molecule has 0 heterocycles. The van der Waals surface area contributed by atoms with Crippen molar-refractivity contribution in [2.45, 2.75) is 38.2 Å². The van der Waals surface area contributed by atoms with Crippen LogP contribution >= 0.6 is 0 Å². The van der Waals surface area contributed by atoms with Crippen LogP contribution in [0.1, 0.15) is 37.7 Å². The van der Waals surface area contributed by atoms with Crippen LogP contribution < -0.4 is 0 Å². The second kappa shape index (κ2) is 9.94. The van der Waals surface area contributed by atoms with E-state index in [0.29, 0.717) is 0 Å². The zero-order valence-corrected chi connectivity index (χ0v) is 12.5. The van der Waals surface area contributed by atoms with E-state index in [1.165, 1.54) is 12.0 Å². The lowest BCUT2D eigenvalue weighted by Gasteiger charge is -2.21. The van der Waals surface area contributed by atoms with Crippen LogP contribution in [0, 0.1) is 0 Å². The minimum Gasteiger partial charge on any atom is -0.459 e. The van der Waals surface area contributed by atoms with Gasteiger partial charge in [-0.2, -0.15) is 0 Å². The van der Waals surface area contributed by atoms with Crippen molar-refractivity contribution in [1.29, 1.82) is 0 Å². The van der Waals surface area contributed by atoms with Crippen molar-refractivity contribution in [1.82, 2.24) is 0 Å². The Labute approximate surface area is 127 Å². The molecule has 2 rings (SSSR count). The van der Waals surface area contributed by atoms with Gasteiger partial charge in [0.25, 0.3) is 0 Å². The number of benzene rings is 1. The summed E-state index contributed by atoms with van der Waals surface area (Å²) in [7, 11) is 0. The Kier molecular flexibility index (Phi) is 8.14. The molecule has 1 saturated carbocycles. The van der Waals surface area contributed by atoms with Gasteiger partial charge in [-0.25, -0.2) is 4.79 Å². The predicted molar refractivity (Wildman–Crippen MR) is 85.7 cm³/mol. The fourth-order valence-corrected chi connectivity index (χ4v) is 2.07. The highest BCUT2D eigenvalue weighted by Crippen LogP contribution is 2.20. The van der Waals surface area contributed by atoms with Crippen molar-refractivity contribution >= 4 is 12.0 Å². The molecule has 114 valence electrons. The highest BCUT2D eigenvalue weighted by atomic mass is 16.5. The number of aliphatic hydroxyl groups excluding tert-OH is 1. The first-order chi connectivity index (χ1) is 10.2. The van der Waals surface area contributed by atoms with E-state index in [-0.39, 0.29) is 18.3 Å². The minimum absolute atomic E-state index is 0.0459. The summed E-state index contributed by atoms with van der Waals surface area (Å²) in [6.07, 6.45) is 7.27. The van der Waals surface area contributed by atoms with Gasteiger partial charge < -0.3 is 9.84 Å². The minimum atomic E-state index is -0.450. The van der Waals surface area contributed by atoms with Gasteiger partial charge in [-0.1, -0.05) is 56.0 Å². The Hall–Kier alpha value is -1.87. The summed E-state index contributed by atoms with van der Waals surface area (Å²) in [5.41, 5.74) is 1.32. The highest BCUT2D eigenvalue weighted by molar-refractivity contribution is 5.88. The molecular weight excluding hydrogens is 264 g/mol. The standard InChI is InChI=1S/C10H16O3.C8H8/c1-8(7-11)10(12)13-9-5-3-2-4-6-9;1-2-8-6-4-3-5-7-8/h9,11H,1-7H2;2-7H,1H2. The molecule has 3 heteroatoms. The molecule has 0 atom stereocenters. The average Bonchev–Trinajstić information content (AvgIpc) is 2.56. The lowest BCUT2D eigenvalue weighted by Crippen LogP contribution is -2.22. The highest BCUT2D eigenvalue weighted by Gasteiger charge is 2.18. The van der Waals surface area contributed by atoms with E-state index in [0.717, 1.165) is 25.7 Å². The maximum absolute atomic E-state index is 11.2. The van der Waals surface area contributed by atoms with Crippen LogP contribution in [-0.4, -0.2) is 23.8 Å². The van der Waals surface area contributed by atoms with Gasteiger partial charge in [0.1, 0.15) is 6.10 Å². The molecule has 1 aromatic rings. The number of esters is 1. The monoisotopic (exact) mass is 288 g/mol. The molecule has 0 bridgehead atoms. The quantitative estimate of drug-likeness (QED) is 0.678. The van der Waals surface area contributed by atoms with Gasteiger partial charge in [0.2, 0.25) is 0 Å². The smallest absolute Gasteiger partial charge is 0.336 e. The Bertz CT molecular complexity index is 445. The van der Waals surface area contributed by atoms with E-state index >= 15 is 0 Å². The predicted octanol–water partition coefficient (Wildman–Crippen LogP) is 3.74. The van der Waals surface area contributed by atoms with Gasteiger partial charge in [-0.15, -0.1) is 0 Å². The molecule has 0 saturated heterocycles. The molecule has 3 nitrogen and oxygen atoms in total. The van der Waals surface area contributed by atoms with Gasteiger partial charge in [0.05, 0.1) is 12.2 Å². The summed E-state index contributed by atoms with van der Waals surface area (Å²) < 4.78 is 5.15. The molecule has 1 N–H and O–H groups in total. The SMILES string of the molecule is C=C(CO)C(=O)OC1CCCCC1.C=Cc1ccccc1. The van der Waals surface area contributed by atoms with E-state index in [1.807, 2.05) is 36.4 Å². The van der Waals surface area contributed by atoms with Gasteiger partial charge in [0.15, 0.2) is 0 Å². The van der Waals surface area contributed by atoms with Crippen LogP contribution in [0.5, 0.6) is 0 Å². The maximum Gasteiger partial charge on any atom is 0.336 e. The van der Waals surface area contributed by atoms with Gasteiger partial charge in [0, 0.05) is 0 Å².